The van der Waals surface area contributed by atoms with E-state index in [1.54, 1.807) is 0 Å². The molecule has 2 atom stereocenters. The van der Waals surface area contributed by atoms with E-state index in [2.05, 4.69) is 136 Å². The van der Waals surface area contributed by atoms with Gasteiger partial charge in [0.05, 0.1) is 23.2 Å². The molecule has 13 heteroatoms. The zero-order valence-corrected chi connectivity index (χ0v) is 33.5. The molecule has 2 aromatic rings. The van der Waals surface area contributed by atoms with Crippen LogP contribution in [0.3, 0.4) is 0 Å². The molecular formula is C25H26I6N2O5. The van der Waals surface area contributed by atoms with Gasteiger partial charge in [-0.1, -0.05) is 13.8 Å². The monoisotopic (exact) mass is 1200 g/mol. The molecule has 2 rings (SSSR count). The van der Waals surface area contributed by atoms with Crippen molar-refractivity contribution in [1.29, 1.82) is 0 Å². The molecule has 0 aromatic heterocycles. The van der Waals surface area contributed by atoms with Crippen molar-refractivity contribution in [2.24, 2.45) is 11.8 Å². The maximum Gasteiger partial charge on any atom is 0.309 e. The minimum atomic E-state index is -0.471. The molecule has 4 N–H and O–H groups in total. The number of nitrogens with two attached hydrogens (primary N) is 2. The van der Waals surface area contributed by atoms with Gasteiger partial charge in [-0.25, -0.2) is 0 Å². The number of benzene rings is 2. The van der Waals surface area contributed by atoms with Gasteiger partial charge in [0, 0.05) is 21.4 Å². The lowest BCUT2D eigenvalue weighted by molar-refractivity contribution is -0.157. The lowest BCUT2D eigenvalue weighted by Crippen LogP contribution is -2.27. The fraction of sp³-hybridized carbons (Fsp3) is 0.400. The van der Waals surface area contributed by atoms with Gasteiger partial charge in [-0.05, 0) is 184 Å². The smallest absolute Gasteiger partial charge is 0.309 e. The second-order valence-corrected chi connectivity index (χ2v) is 15.3. The first kappa shape index (κ1) is 35.2. The Morgan fingerprint density at radius 2 is 1.03 bits per heavy atom. The highest BCUT2D eigenvalue weighted by Gasteiger charge is 2.25. The van der Waals surface area contributed by atoms with E-state index < -0.39 is 42.8 Å². The molecule has 0 heterocycles. The van der Waals surface area contributed by atoms with Gasteiger partial charge in [0.15, 0.2) is 13.2 Å². The van der Waals surface area contributed by atoms with E-state index >= 15 is 0 Å². The third-order valence-corrected chi connectivity index (χ3v) is 12.1. The van der Waals surface area contributed by atoms with Gasteiger partial charge in [0.2, 0.25) is 5.78 Å². The zero-order chi connectivity index (χ0) is 28.7. The van der Waals surface area contributed by atoms with Crippen LogP contribution in [0, 0.1) is 33.3 Å². The molecule has 0 bridgehead atoms. The average Bonchev–Trinajstić information content (AvgIpc) is 2.88. The number of nitrogen functional groups attached to an aromatic ring is 2. The summed E-state index contributed by atoms with van der Waals surface area (Å²) in [7, 11) is 0. The average molecular weight is 1200 g/mol. The summed E-state index contributed by atoms with van der Waals surface area (Å²) >= 11 is 13.3. The molecule has 0 spiro atoms. The topological polar surface area (TPSA) is 122 Å². The van der Waals surface area contributed by atoms with Crippen LogP contribution >= 0.6 is 136 Å². The minimum Gasteiger partial charge on any atom is -0.457 e. The Balaban J connectivity index is 1.93. The zero-order valence-electron chi connectivity index (χ0n) is 20.5. The fourth-order valence-corrected chi connectivity index (χ4v) is 11.2. The summed E-state index contributed by atoms with van der Waals surface area (Å²) in [6.45, 7) is 2.93. The predicted molar refractivity (Wildman–Crippen MR) is 200 cm³/mol. The Bertz CT molecular complexity index is 1130. The van der Waals surface area contributed by atoms with Crippen molar-refractivity contribution in [3.8, 4) is 0 Å². The van der Waals surface area contributed by atoms with E-state index in [0.717, 1.165) is 32.5 Å². The molecule has 208 valence electrons. The maximum atomic E-state index is 12.7. The number of carbonyl (C=O) groups is 3. The first-order chi connectivity index (χ1) is 17.8. The van der Waals surface area contributed by atoms with Crippen LogP contribution in [0.2, 0.25) is 0 Å². The normalized spacial score (nSPS) is 12.6. The lowest BCUT2D eigenvalue weighted by Gasteiger charge is -2.18. The maximum absolute atomic E-state index is 12.7. The molecule has 2 unspecified atom stereocenters. The Hall–Kier alpha value is 1.03. The van der Waals surface area contributed by atoms with E-state index in [4.69, 9.17) is 20.9 Å². The number of hydrogen-bond acceptors (Lipinski definition) is 7. The van der Waals surface area contributed by atoms with Crippen molar-refractivity contribution < 1.29 is 23.9 Å². The van der Waals surface area contributed by atoms with Crippen LogP contribution in [0.15, 0.2) is 12.1 Å². The Kier molecular flexibility index (Phi) is 15.4. The Morgan fingerprint density at radius 1 is 0.684 bits per heavy atom. The van der Waals surface area contributed by atoms with Crippen LogP contribution in [0.4, 0.5) is 11.4 Å². The molecule has 0 aliphatic rings. The summed E-state index contributed by atoms with van der Waals surface area (Å²) in [5.74, 6) is -2.21. The molecule has 0 saturated heterocycles. The highest BCUT2D eigenvalue weighted by molar-refractivity contribution is 14.1. The summed E-state index contributed by atoms with van der Waals surface area (Å²) < 4.78 is 16.4. The largest absolute Gasteiger partial charge is 0.457 e. The standard InChI is InChI=1S/C25H26I6N2O5/c1-3-11(5-14-16(26)7-18(28)22(32)20(14)30)24(35)37-9-13(34)10-38-25(36)12(4-2)6-15-17(27)8-19(29)23(33)21(15)31/h7-8,11-12H,3-6,9-10,32-33H2,1-2H3. The first-order valence-electron chi connectivity index (χ1n) is 11.5. The molecule has 7 nitrogen and oxygen atoms in total. The van der Waals surface area contributed by atoms with Crippen molar-refractivity contribution in [1.82, 2.24) is 0 Å². The van der Waals surface area contributed by atoms with Gasteiger partial charge in [0.25, 0.3) is 0 Å². The number of anilines is 2. The summed E-state index contributed by atoms with van der Waals surface area (Å²) in [4.78, 5) is 37.9. The number of Topliss-reactive ketones (excluding diaryl/α,β-unsaturated/α-hetero) is 1. The summed E-state index contributed by atoms with van der Waals surface area (Å²) in [6, 6.07) is 3.98. The third-order valence-electron chi connectivity index (χ3n) is 5.91. The SMILES string of the molecule is CCC(Cc1c(I)cc(I)c(N)c1I)C(=O)OCC(=O)COC(=O)C(CC)Cc1c(I)cc(I)c(N)c1I. The quantitative estimate of drug-likeness (QED) is 0.134. The van der Waals surface area contributed by atoms with E-state index in [1.807, 2.05) is 26.0 Å². The molecule has 0 fully saturated rings. The van der Waals surface area contributed by atoms with E-state index in [-0.39, 0.29) is 0 Å². The number of esters is 2. The van der Waals surface area contributed by atoms with E-state index in [9.17, 15) is 14.4 Å². The van der Waals surface area contributed by atoms with Crippen molar-refractivity contribution in [2.75, 3.05) is 24.7 Å². The summed E-state index contributed by atoms with van der Waals surface area (Å²) in [5.41, 5.74) is 15.7. The first-order valence-corrected chi connectivity index (χ1v) is 18.0. The number of rotatable bonds is 12. The van der Waals surface area contributed by atoms with Gasteiger partial charge < -0.3 is 20.9 Å². The van der Waals surface area contributed by atoms with Crippen LogP contribution < -0.4 is 11.5 Å². The van der Waals surface area contributed by atoms with Crippen molar-refractivity contribution in [2.45, 2.75) is 39.5 Å². The third kappa shape index (κ3) is 9.53. The van der Waals surface area contributed by atoms with Gasteiger partial charge in [-0.3, -0.25) is 14.4 Å². The fourth-order valence-electron chi connectivity index (χ4n) is 3.53. The van der Waals surface area contributed by atoms with Gasteiger partial charge in [0.1, 0.15) is 0 Å². The van der Waals surface area contributed by atoms with Crippen LogP contribution in [0.5, 0.6) is 0 Å². The number of hydrogen-bond donors (Lipinski definition) is 2. The van der Waals surface area contributed by atoms with Crippen LogP contribution in [0.1, 0.15) is 37.8 Å². The van der Waals surface area contributed by atoms with Crippen molar-refractivity contribution in [3.63, 3.8) is 0 Å². The molecule has 38 heavy (non-hydrogen) atoms. The van der Waals surface area contributed by atoms with Gasteiger partial charge in [-0.2, -0.15) is 0 Å². The molecule has 0 amide bonds. The highest BCUT2D eigenvalue weighted by atomic mass is 127. The number of ketones is 1. The molecule has 0 aliphatic carbocycles. The van der Waals surface area contributed by atoms with E-state index in [0.29, 0.717) is 37.1 Å². The lowest BCUT2D eigenvalue weighted by atomic mass is 9.96. The molecule has 0 aliphatic heterocycles. The number of halogens is 6. The summed E-state index contributed by atoms with van der Waals surface area (Å²) in [6.07, 6.45) is 2.04. The molecule has 0 saturated carbocycles. The van der Waals surface area contributed by atoms with Crippen molar-refractivity contribution >= 4 is 165 Å². The van der Waals surface area contributed by atoms with Crippen LogP contribution in [-0.4, -0.2) is 30.9 Å². The highest BCUT2D eigenvalue weighted by Crippen LogP contribution is 2.33. The van der Waals surface area contributed by atoms with E-state index in [1.165, 1.54) is 0 Å². The molecular weight excluding hydrogens is 1170 g/mol. The second kappa shape index (κ2) is 16.6. The second-order valence-electron chi connectivity index (χ2n) is 8.47. The number of carbonyl (C=O) groups excluding carboxylic acids is 3. The number of ether oxygens (including phenoxy) is 2. The minimum absolute atomic E-state index is 0.414. The van der Waals surface area contributed by atoms with Gasteiger partial charge >= 0.3 is 11.9 Å². The van der Waals surface area contributed by atoms with Crippen molar-refractivity contribution in [3.05, 3.63) is 44.7 Å². The van der Waals surface area contributed by atoms with Gasteiger partial charge in [-0.15, -0.1) is 0 Å². The molecule has 0 radical (unpaired) electrons. The van der Waals surface area contributed by atoms with Crippen LogP contribution in [0.25, 0.3) is 0 Å². The summed E-state index contributed by atoms with van der Waals surface area (Å²) in [5, 5.41) is 0. The van der Waals surface area contributed by atoms with Crippen LogP contribution in [-0.2, 0) is 36.7 Å². The molecule has 2 aromatic carbocycles. The Labute approximate surface area is 304 Å². The predicted octanol–water partition coefficient (Wildman–Crippen LogP) is 6.97. The Morgan fingerprint density at radius 3 is 1.34 bits per heavy atom.